The van der Waals surface area contributed by atoms with Gasteiger partial charge in [0.15, 0.2) is 6.23 Å². The van der Waals surface area contributed by atoms with Gasteiger partial charge >= 0.3 is 19.4 Å². The van der Waals surface area contributed by atoms with Gasteiger partial charge in [0.25, 0.3) is 5.56 Å². The average molecular weight is 525 g/mol. The summed E-state index contributed by atoms with van der Waals surface area (Å²) in [6.45, 7) is 5.08. The van der Waals surface area contributed by atoms with Gasteiger partial charge in [0.1, 0.15) is 17.9 Å². The first-order chi connectivity index (χ1) is 17.1. The molecule has 36 heavy (non-hydrogen) atoms. The van der Waals surface area contributed by atoms with E-state index in [9.17, 15) is 24.1 Å². The highest BCUT2D eigenvalue weighted by atomic mass is 31.2. The van der Waals surface area contributed by atoms with Crippen LogP contribution in [0.5, 0.6) is 5.75 Å². The molecule has 2 heterocycles. The van der Waals surface area contributed by atoms with Crippen molar-refractivity contribution in [2.45, 2.75) is 58.1 Å². The van der Waals surface area contributed by atoms with E-state index in [1.165, 1.54) is 13.1 Å². The van der Waals surface area contributed by atoms with E-state index in [0.29, 0.717) is 6.42 Å². The van der Waals surface area contributed by atoms with Crippen LogP contribution in [-0.2, 0) is 23.4 Å². The summed E-state index contributed by atoms with van der Waals surface area (Å²) in [5.41, 5.74) is -1.32. The molecule has 0 unspecified atom stereocenters. The van der Waals surface area contributed by atoms with Crippen molar-refractivity contribution in [3.8, 4) is 5.75 Å². The Hall–Kier alpha value is -2.76. The normalized spacial score (nSPS) is 24.1. The molecular weight excluding hydrogens is 493 g/mol. The van der Waals surface area contributed by atoms with Crippen LogP contribution in [0, 0.1) is 5.92 Å². The SMILES string of the molecule is CCCCOC(=O)[C@@H](C)N[P@@](=O)(OC[C@H]1O[C@@H](n2ccc(=O)[nH]c2=O)[C@H](O)[C@@H]1C)Oc1ccccc1. The lowest BCUT2D eigenvalue weighted by molar-refractivity contribution is -0.145. The van der Waals surface area contributed by atoms with Gasteiger partial charge in [-0.3, -0.25) is 23.7 Å². The topological polar surface area (TPSA) is 158 Å². The van der Waals surface area contributed by atoms with Gasteiger partial charge < -0.3 is 19.1 Å². The summed E-state index contributed by atoms with van der Waals surface area (Å²) in [6.07, 6.45) is -0.214. The highest BCUT2D eigenvalue weighted by Crippen LogP contribution is 2.46. The molecule has 3 N–H and O–H groups in total. The predicted molar refractivity (Wildman–Crippen MR) is 129 cm³/mol. The Morgan fingerprint density at radius 3 is 2.67 bits per heavy atom. The molecule has 0 aliphatic carbocycles. The molecule has 1 aromatic carbocycles. The van der Waals surface area contributed by atoms with E-state index in [1.54, 1.807) is 37.3 Å². The lowest BCUT2D eigenvalue weighted by atomic mass is 10.0. The smallest absolute Gasteiger partial charge is 0.459 e. The number of hydrogen-bond acceptors (Lipinski definition) is 9. The van der Waals surface area contributed by atoms with Crippen molar-refractivity contribution in [1.29, 1.82) is 0 Å². The third-order valence-electron chi connectivity index (χ3n) is 5.68. The number of nitrogens with zero attached hydrogens (tertiary/aromatic N) is 1. The second kappa shape index (κ2) is 12.5. The van der Waals surface area contributed by atoms with E-state index in [-0.39, 0.29) is 19.0 Å². The Morgan fingerprint density at radius 1 is 1.28 bits per heavy atom. The maximum Gasteiger partial charge on any atom is 0.459 e. The third-order valence-corrected chi connectivity index (χ3v) is 7.33. The van der Waals surface area contributed by atoms with Crippen LogP contribution >= 0.6 is 7.75 Å². The highest BCUT2D eigenvalue weighted by molar-refractivity contribution is 7.52. The number of aromatic nitrogens is 2. The number of aliphatic hydroxyl groups is 1. The van der Waals surface area contributed by atoms with Crippen LogP contribution in [0.2, 0.25) is 0 Å². The van der Waals surface area contributed by atoms with Gasteiger partial charge in [-0.05, 0) is 25.5 Å². The number of ether oxygens (including phenoxy) is 2. The fourth-order valence-corrected chi connectivity index (χ4v) is 5.03. The molecule has 0 radical (unpaired) electrons. The van der Waals surface area contributed by atoms with Crippen LogP contribution in [0.25, 0.3) is 0 Å². The summed E-state index contributed by atoms with van der Waals surface area (Å²) in [7, 11) is -4.13. The number of aliphatic hydroxyl groups excluding tert-OH is 1. The van der Waals surface area contributed by atoms with Gasteiger partial charge in [-0.15, -0.1) is 0 Å². The van der Waals surface area contributed by atoms with Crippen LogP contribution < -0.4 is 20.9 Å². The molecule has 1 fully saturated rings. The van der Waals surface area contributed by atoms with E-state index in [0.717, 1.165) is 17.1 Å². The van der Waals surface area contributed by atoms with Crippen molar-refractivity contribution in [3.05, 3.63) is 63.4 Å². The molecule has 0 amide bonds. The first kappa shape index (κ1) is 27.8. The quantitative estimate of drug-likeness (QED) is 0.212. The van der Waals surface area contributed by atoms with Crippen molar-refractivity contribution in [3.63, 3.8) is 0 Å². The number of nitrogens with one attached hydrogen (secondary N) is 2. The second-order valence-corrected chi connectivity index (χ2v) is 10.2. The maximum absolute atomic E-state index is 13.6. The van der Waals surface area contributed by atoms with Crippen molar-refractivity contribution in [2.24, 2.45) is 5.92 Å². The van der Waals surface area contributed by atoms with E-state index < -0.39 is 55.4 Å². The molecule has 1 aromatic heterocycles. The molecule has 0 bridgehead atoms. The van der Waals surface area contributed by atoms with Gasteiger partial charge in [-0.2, -0.15) is 5.09 Å². The largest absolute Gasteiger partial charge is 0.465 e. The summed E-state index contributed by atoms with van der Waals surface area (Å²) >= 11 is 0. The van der Waals surface area contributed by atoms with Crippen molar-refractivity contribution < 1.29 is 33.0 Å². The molecule has 1 saturated heterocycles. The summed E-state index contributed by atoms with van der Waals surface area (Å²) in [5.74, 6) is -0.893. The Kier molecular flexibility index (Phi) is 9.63. The monoisotopic (exact) mass is 525 g/mol. The number of carbonyl (C=O) groups is 1. The van der Waals surface area contributed by atoms with E-state index in [2.05, 4.69) is 10.1 Å². The molecule has 6 atom stereocenters. The molecule has 1 aliphatic rings. The molecule has 198 valence electrons. The number of H-pyrrole nitrogens is 1. The molecule has 0 spiro atoms. The zero-order valence-corrected chi connectivity index (χ0v) is 21.3. The lowest BCUT2D eigenvalue weighted by Gasteiger charge is -2.24. The van der Waals surface area contributed by atoms with E-state index in [1.807, 2.05) is 6.92 Å². The molecule has 12 nitrogen and oxygen atoms in total. The summed E-state index contributed by atoms with van der Waals surface area (Å²) < 4.78 is 37.0. The molecule has 3 rings (SSSR count). The van der Waals surface area contributed by atoms with Crippen LogP contribution in [0.1, 0.15) is 39.8 Å². The van der Waals surface area contributed by atoms with E-state index >= 15 is 0 Å². The summed E-state index contributed by atoms with van der Waals surface area (Å²) in [4.78, 5) is 38.0. The van der Waals surface area contributed by atoms with Gasteiger partial charge in [-0.25, -0.2) is 9.36 Å². The Labute approximate surface area is 208 Å². The zero-order valence-electron chi connectivity index (χ0n) is 20.4. The van der Waals surface area contributed by atoms with Crippen molar-refractivity contribution in [2.75, 3.05) is 13.2 Å². The number of aromatic amines is 1. The van der Waals surface area contributed by atoms with E-state index in [4.69, 9.17) is 18.5 Å². The fraction of sp³-hybridized carbons (Fsp3) is 0.522. The van der Waals surface area contributed by atoms with Crippen LogP contribution in [0.15, 0.2) is 52.2 Å². The Morgan fingerprint density at radius 2 is 2.00 bits per heavy atom. The van der Waals surface area contributed by atoms with Crippen molar-refractivity contribution >= 4 is 13.7 Å². The number of hydrogen-bond donors (Lipinski definition) is 3. The number of unbranched alkanes of at least 4 members (excludes halogenated alkanes) is 1. The molecule has 13 heteroatoms. The van der Waals surface area contributed by atoms with Crippen LogP contribution in [0.3, 0.4) is 0 Å². The minimum atomic E-state index is -4.13. The Balaban J connectivity index is 1.72. The molecule has 2 aromatic rings. The molecular formula is C23H32N3O9P. The first-order valence-corrected chi connectivity index (χ1v) is 13.3. The van der Waals surface area contributed by atoms with Crippen LogP contribution in [0.4, 0.5) is 0 Å². The summed E-state index contributed by atoms with van der Waals surface area (Å²) in [5, 5.41) is 13.3. The number of esters is 1. The Bertz CT molecular complexity index is 1170. The molecule has 0 saturated carbocycles. The average Bonchev–Trinajstić information content (AvgIpc) is 3.12. The number of benzene rings is 1. The van der Waals surface area contributed by atoms with Gasteiger partial charge in [0, 0.05) is 18.2 Å². The zero-order chi connectivity index (χ0) is 26.3. The minimum absolute atomic E-state index is 0.239. The van der Waals surface area contributed by atoms with Crippen LogP contribution in [-0.4, -0.2) is 52.1 Å². The maximum atomic E-state index is 13.6. The second-order valence-electron chi connectivity index (χ2n) is 8.50. The minimum Gasteiger partial charge on any atom is -0.465 e. The standard InChI is InChI=1S/C23H32N3O9P/c1-4-5-13-32-22(29)16(3)25-36(31,35-17-9-7-6-8-10-17)33-14-18-15(2)20(28)21(34-18)26-12-11-19(27)24-23(26)30/h6-12,15-16,18,20-21,28H,4-5,13-14H2,1-3H3,(H,25,31)(H,24,27,30)/t15-,16-,18-,20-,21-,36-/m1/s1. The number of para-hydroxylation sites is 1. The predicted octanol–water partition coefficient (Wildman–Crippen LogP) is 1.96. The fourth-order valence-electron chi connectivity index (χ4n) is 3.53. The summed E-state index contributed by atoms with van der Waals surface area (Å²) in [6, 6.07) is 8.43. The third kappa shape index (κ3) is 7.14. The van der Waals surface area contributed by atoms with Crippen molar-refractivity contribution in [1.82, 2.24) is 14.6 Å². The van der Waals surface area contributed by atoms with Gasteiger partial charge in [-0.1, -0.05) is 38.5 Å². The van der Waals surface area contributed by atoms with Gasteiger partial charge in [0.05, 0.1) is 19.3 Å². The number of carbonyl (C=O) groups excluding carboxylic acids is 1. The first-order valence-electron chi connectivity index (χ1n) is 11.7. The lowest BCUT2D eigenvalue weighted by Crippen LogP contribution is -2.36. The van der Waals surface area contributed by atoms with Gasteiger partial charge in [0.2, 0.25) is 0 Å². The molecule has 1 aliphatic heterocycles. The highest BCUT2D eigenvalue weighted by Gasteiger charge is 2.44. The number of rotatable bonds is 12.